The van der Waals surface area contributed by atoms with Crippen molar-refractivity contribution in [3.8, 4) is 11.5 Å². The average molecular weight is 399 g/mol. The number of hydrogen-bond donors (Lipinski definition) is 4. The van der Waals surface area contributed by atoms with Crippen molar-refractivity contribution in [3.63, 3.8) is 0 Å². The van der Waals surface area contributed by atoms with Crippen LogP contribution in [0.1, 0.15) is 0 Å². The molecule has 2 amide bonds. The number of para-hydroxylation sites is 4. The second-order valence-electron chi connectivity index (χ2n) is 7.63. The summed E-state index contributed by atoms with van der Waals surface area (Å²) in [6, 6.07) is 13.3. The number of anilines is 2. The maximum absolute atomic E-state index is 12.4. The standard InChI is InChI=1S/C21H26N4O4/c1-25(15-21(29)23-17-7-3-5-9-19(17)27)12-10-24(11-13-25)14-20(28)22-16-6-2-4-8-18(16)26/h2-9H,10-15H2,1H3,(H3-,22,23,26,27,28,29)/p+1. The molecule has 1 fully saturated rings. The number of benzene rings is 2. The lowest BCUT2D eigenvalue weighted by Crippen LogP contribution is -2.60. The molecule has 1 saturated heterocycles. The summed E-state index contributed by atoms with van der Waals surface area (Å²) < 4.78 is 0.566. The Labute approximate surface area is 170 Å². The number of carbonyl (C=O) groups is 2. The second kappa shape index (κ2) is 8.93. The molecule has 0 aliphatic carbocycles. The largest absolute Gasteiger partial charge is 0.506 e. The van der Waals surface area contributed by atoms with Crippen LogP contribution in [-0.2, 0) is 9.59 Å². The number of phenols is 2. The Kier molecular flexibility index (Phi) is 6.36. The molecule has 0 radical (unpaired) electrons. The summed E-state index contributed by atoms with van der Waals surface area (Å²) in [5, 5.41) is 25.0. The van der Waals surface area contributed by atoms with Crippen LogP contribution < -0.4 is 10.6 Å². The van der Waals surface area contributed by atoms with Crippen LogP contribution in [0, 0.1) is 0 Å². The fourth-order valence-corrected chi connectivity index (χ4v) is 3.39. The molecule has 0 spiro atoms. The molecule has 1 aliphatic rings. The van der Waals surface area contributed by atoms with E-state index in [9.17, 15) is 19.8 Å². The van der Waals surface area contributed by atoms with Crippen molar-refractivity contribution in [1.29, 1.82) is 0 Å². The summed E-state index contributed by atoms with van der Waals surface area (Å²) in [4.78, 5) is 26.7. The molecule has 1 heterocycles. The fraction of sp³-hybridized carbons (Fsp3) is 0.333. The first-order chi connectivity index (χ1) is 13.8. The van der Waals surface area contributed by atoms with Gasteiger partial charge in [0.1, 0.15) is 11.5 Å². The molecule has 2 aromatic rings. The molecule has 0 bridgehead atoms. The van der Waals surface area contributed by atoms with Crippen LogP contribution in [0.3, 0.4) is 0 Å². The molecule has 29 heavy (non-hydrogen) atoms. The van der Waals surface area contributed by atoms with Gasteiger partial charge < -0.3 is 25.3 Å². The summed E-state index contributed by atoms with van der Waals surface area (Å²) in [6.45, 7) is 3.38. The third kappa shape index (κ3) is 5.69. The minimum Gasteiger partial charge on any atom is -0.506 e. The molecular weight excluding hydrogens is 372 g/mol. The van der Waals surface area contributed by atoms with Gasteiger partial charge in [0.15, 0.2) is 6.54 Å². The minimum atomic E-state index is -0.181. The molecular formula is C21H27N4O4+. The van der Waals surface area contributed by atoms with E-state index in [4.69, 9.17) is 0 Å². The van der Waals surface area contributed by atoms with E-state index >= 15 is 0 Å². The zero-order chi connectivity index (χ0) is 20.9. The Hall–Kier alpha value is -3.10. The van der Waals surface area contributed by atoms with Gasteiger partial charge in [0.05, 0.1) is 38.1 Å². The monoisotopic (exact) mass is 399 g/mol. The van der Waals surface area contributed by atoms with Gasteiger partial charge in [-0.1, -0.05) is 24.3 Å². The Morgan fingerprint density at radius 3 is 1.90 bits per heavy atom. The number of hydrogen-bond acceptors (Lipinski definition) is 5. The number of carbonyl (C=O) groups excluding carboxylic acids is 2. The average Bonchev–Trinajstić information content (AvgIpc) is 2.67. The predicted octanol–water partition coefficient (Wildman–Crippen LogP) is 1.44. The molecule has 8 nitrogen and oxygen atoms in total. The first-order valence-electron chi connectivity index (χ1n) is 9.56. The van der Waals surface area contributed by atoms with Crippen LogP contribution in [0.25, 0.3) is 0 Å². The van der Waals surface area contributed by atoms with Gasteiger partial charge in [-0.2, -0.15) is 0 Å². The van der Waals surface area contributed by atoms with Crippen LogP contribution >= 0.6 is 0 Å². The van der Waals surface area contributed by atoms with Gasteiger partial charge in [0, 0.05) is 13.1 Å². The predicted molar refractivity (Wildman–Crippen MR) is 111 cm³/mol. The zero-order valence-electron chi connectivity index (χ0n) is 16.5. The molecule has 2 aromatic carbocycles. The third-order valence-electron chi connectivity index (χ3n) is 5.16. The first kappa shape index (κ1) is 20.6. The van der Waals surface area contributed by atoms with E-state index in [2.05, 4.69) is 10.6 Å². The third-order valence-corrected chi connectivity index (χ3v) is 5.16. The number of likely N-dealkylation sites (N-methyl/N-ethyl adjacent to an activating group) is 1. The number of rotatable bonds is 6. The lowest BCUT2D eigenvalue weighted by molar-refractivity contribution is -0.905. The number of aromatic hydroxyl groups is 2. The summed E-state index contributed by atoms with van der Waals surface area (Å²) in [5.41, 5.74) is 0.805. The van der Waals surface area contributed by atoms with E-state index in [1.165, 1.54) is 12.1 Å². The maximum atomic E-state index is 12.4. The smallest absolute Gasteiger partial charge is 0.279 e. The number of quaternary nitrogens is 1. The van der Waals surface area contributed by atoms with E-state index in [0.717, 1.165) is 13.1 Å². The maximum Gasteiger partial charge on any atom is 0.279 e. The van der Waals surface area contributed by atoms with E-state index in [0.29, 0.717) is 35.5 Å². The van der Waals surface area contributed by atoms with Crippen molar-refractivity contribution in [2.75, 3.05) is 56.9 Å². The molecule has 4 N–H and O–H groups in total. The molecule has 0 unspecified atom stereocenters. The molecule has 8 heteroatoms. The molecule has 3 rings (SSSR count). The lowest BCUT2D eigenvalue weighted by atomic mass is 10.2. The van der Waals surface area contributed by atoms with Crippen molar-refractivity contribution in [3.05, 3.63) is 48.5 Å². The molecule has 154 valence electrons. The summed E-state index contributed by atoms with van der Waals surface area (Å²) in [7, 11) is 2.02. The highest BCUT2D eigenvalue weighted by atomic mass is 16.3. The van der Waals surface area contributed by atoms with Gasteiger partial charge in [-0.25, -0.2) is 0 Å². The Morgan fingerprint density at radius 1 is 0.897 bits per heavy atom. The van der Waals surface area contributed by atoms with Crippen molar-refractivity contribution < 1.29 is 24.3 Å². The number of amides is 2. The number of phenolic OH excluding ortho intramolecular Hbond substituents is 2. The van der Waals surface area contributed by atoms with Crippen molar-refractivity contribution in [1.82, 2.24) is 4.90 Å². The summed E-state index contributed by atoms with van der Waals surface area (Å²) >= 11 is 0. The van der Waals surface area contributed by atoms with Gasteiger partial charge in [-0.3, -0.25) is 14.5 Å². The topological polar surface area (TPSA) is 102 Å². The SMILES string of the molecule is C[N+]1(CC(=O)Nc2ccccc2O)CCN(CC(=O)Nc2ccccc2O)CC1. The molecule has 0 atom stereocenters. The normalized spacial score (nSPS) is 16.2. The first-order valence-corrected chi connectivity index (χ1v) is 9.56. The number of nitrogens with one attached hydrogen (secondary N) is 2. The van der Waals surface area contributed by atoms with Crippen molar-refractivity contribution in [2.24, 2.45) is 0 Å². The van der Waals surface area contributed by atoms with Crippen molar-refractivity contribution >= 4 is 23.2 Å². The molecule has 1 aliphatic heterocycles. The van der Waals surface area contributed by atoms with E-state index in [-0.39, 0.29) is 29.9 Å². The zero-order valence-corrected chi connectivity index (χ0v) is 16.5. The van der Waals surface area contributed by atoms with Crippen LogP contribution in [0.5, 0.6) is 11.5 Å². The summed E-state index contributed by atoms with van der Waals surface area (Å²) in [5.74, 6) is -0.248. The number of nitrogens with zero attached hydrogens (tertiary/aromatic N) is 2. The highest BCUT2D eigenvalue weighted by Crippen LogP contribution is 2.22. The van der Waals surface area contributed by atoms with Gasteiger partial charge in [-0.05, 0) is 24.3 Å². The molecule has 0 aromatic heterocycles. The quantitative estimate of drug-likeness (QED) is 0.435. The Balaban J connectivity index is 1.46. The fourth-order valence-electron chi connectivity index (χ4n) is 3.39. The Morgan fingerprint density at radius 2 is 1.38 bits per heavy atom. The van der Waals surface area contributed by atoms with E-state index in [1.807, 2.05) is 11.9 Å². The number of piperazine rings is 1. The van der Waals surface area contributed by atoms with Crippen LogP contribution in [0.4, 0.5) is 11.4 Å². The Bertz CT molecular complexity index is 878. The van der Waals surface area contributed by atoms with E-state index in [1.54, 1.807) is 36.4 Å². The van der Waals surface area contributed by atoms with Gasteiger partial charge in [0.2, 0.25) is 5.91 Å². The van der Waals surface area contributed by atoms with Crippen LogP contribution in [-0.4, -0.2) is 77.7 Å². The van der Waals surface area contributed by atoms with Crippen LogP contribution in [0.2, 0.25) is 0 Å². The lowest BCUT2D eigenvalue weighted by Gasteiger charge is -2.41. The van der Waals surface area contributed by atoms with Gasteiger partial charge in [0.25, 0.3) is 5.91 Å². The van der Waals surface area contributed by atoms with Crippen LogP contribution in [0.15, 0.2) is 48.5 Å². The van der Waals surface area contributed by atoms with E-state index < -0.39 is 0 Å². The second-order valence-corrected chi connectivity index (χ2v) is 7.63. The summed E-state index contributed by atoms with van der Waals surface area (Å²) in [6.07, 6.45) is 0. The van der Waals surface area contributed by atoms with Gasteiger partial charge in [-0.15, -0.1) is 0 Å². The molecule has 0 saturated carbocycles. The van der Waals surface area contributed by atoms with Gasteiger partial charge >= 0.3 is 0 Å². The van der Waals surface area contributed by atoms with Crippen molar-refractivity contribution in [2.45, 2.75) is 0 Å². The highest BCUT2D eigenvalue weighted by molar-refractivity contribution is 5.94. The highest BCUT2D eigenvalue weighted by Gasteiger charge is 2.31. The minimum absolute atomic E-state index is 0.0409.